The highest BCUT2D eigenvalue weighted by Gasteiger charge is 2.45. The van der Waals surface area contributed by atoms with Crippen LogP contribution < -0.4 is 0 Å². The molecule has 250 valence electrons. The van der Waals surface area contributed by atoms with Crippen molar-refractivity contribution in [1.29, 1.82) is 5.26 Å². The van der Waals surface area contributed by atoms with Gasteiger partial charge < -0.3 is 19.6 Å². The van der Waals surface area contributed by atoms with E-state index in [1.54, 1.807) is 13.0 Å². The third-order valence-corrected chi connectivity index (χ3v) is 11.4. The summed E-state index contributed by atoms with van der Waals surface area (Å²) >= 11 is 0. The molecule has 0 radical (unpaired) electrons. The van der Waals surface area contributed by atoms with Crippen LogP contribution in [0.4, 0.5) is 4.79 Å². The number of aryl methyl sites for hydroxylation is 2. The minimum absolute atomic E-state index is 0.00335. The second-order valence-electron chi connectivity index (χ2n) is 14.4. The van der Waals surface area contributed by atoms with Crippen molar-refractivity contribution < 1.29 is 14.4 Å². The van der Waals surface area contributed by atoms with Crippen molar-refractivity contribution in [3.63, 3.8) is 0 Å². The van der Waals surface area contributed by atoms with Crippen LogP contribution in [0.15, 0.2) is 36.4 Å². The highest BCUT2D eigenvalue weighted by Crippen LogP contribution is 2.38. The smallest absolute Gasteiger partial charge is 0.320 e. The number of carbonyl (C=O) groups is 3. The van der Waals surface area contributed by atoms with Crippen molar-refractivity contribution in [1.82, 2.24) is 29.5 Å². The number of nitrogens with zero attached hydrogens (tertiary/aromatic N) is 7. The summed E-state index contributed by atoms with van der Waals surface area (Å²) in [5, 5.41) is 9.25. The Labute approximate surface area is 279 Å². The molecule has 4 aliphatic heterocycles. The first-order chi connectivity index (χ1) is 22.6. The normalized spacial score (nSPS) is 22.9. The third-order valence-electron chi connectivity index (χ3n) is 11.4. The quantitative estimate of drug-likeness (QED) is 0.451. The van der Waals surface area contributed by atoms with E-state index in [1.165, 1.54) is 5.56 Å². The van der Waals surface area contributed by atoms with Crippen molar-refractivity contribution in [2.75, 3.05) is 52.4 Å². The van der Waals surface area contributed by atoms with Crippen LogP contribution in [0.5, 0.6) is 0 Å². The summed E-state index contributed by atoms with van der Waals surface area (Å²) in [6.07, 6.45) is 5.57. The standard InChI is InChI=1S/C37H49N7O3/c1-26-22-31(23-38)39-27(2)34(26)35(46)41-20-14-37(4,15-21-41)43-18-12-32(13-19-43)44-33(30-8-6-5-7-9-30)25-42(36(44)47)24-29-10-16-40(17-11-29)28(3)45/h5-9,22,29,32-33H,10-21,24-25H2,1-4H3/t33-/m0/s1. The Morgan fingerprint density at radius 1 is 0.957 bits per heavy atom. The van der Waals surface area contributed by atoms with Gasteiger partial charge >= 0.3 is 6.03 Å². The molecule has 4 saturated heterocycles. The minimum Gasteiger partial charge on any atom is -0.343 e. The molecule has 0 saturated carbocycles. The second-order valence-corrected chi connectivity index (χ2v) is 14.4. The van der Waals surface area contributed by atoms with Gasteiger partial charge in [-0.1, -0.05) is 30.3 Å². The first-order valence-corrected chi connectivity index (χ1v) is 17.4. The fourth-order valence-corrected chi connectivity index (χ4v) is 8.48. The number of aromatic nitrogens is 1. The van der Waals surface area contributed by atoms with Gasteiger partial charge in [0.1, 0.15) is 11.8 Å². The Bertz CT molecular complexity index is 1490. The van der Waals surface area contributed by atoms with Gasteiger partial charge in [0.05, 0.1) is 17.3 Å². The Hall–Kier alpha value is -3.97. The molecule has 1 atom stereocenters. The molecule has 6 rings (SSSR count). The Morgan fingerprint density at radius 2 is 1.62 bits per heavy atom. The number of hydrogen-bond donors (Lipinski definition) is 0. The number of nitriles is 1. The second kappa shape index (κ2) is 13.6. The van der Waals surface area contributed by atoms with E-state index in [0.717, 1.165) is 76.8 Å². The Kier molecular flexibility index (Phi) is 9.56. The van der Waals surface area contributed by atoms with E-state index in [1.807, 2.05) is 29.7 Å². The molecule has 1 aromatic carbocycles. The number of piperidine rings is 3. The highest BCUT2D eigenvalue weighted by molar-refractivity contribution is 5.96. The largest absolute Gasteiger partial charge is 0.343 e. The number of urea groups is 1. The zero-order chi connectivity index (χ0) is 33.3. The molecule has 0 spiro atoms. The summed E-state index contributed by atoms with van der Waals surface area (Å²) < 4.78 is 0. The van der Waals surface area contributed by atoms with Gasteiger partial charge in [0.2, 0.25) is 5.91 Å². The number of likely N-dealkylation sites (tertiary alicyclic amines) is 3. The Morgan fingerprint density at radius 3 is 2.21 bits per heavy atom. The van der Waals surface area contributed by atoms with Crippen molar-refractivity contribution in [3.05, 3.63) is 64.5 Å². The van der Waals surface area contributed by atoms with Crippen LogP contribution in [-0.4, -0.2) is 111 Å². The summed E-state index contributed by atoms with van der Waals surface area (Å²) in [7, 11) is 0. The topological polar surface area (TPSA) is 104 Å². The highest BCUT2D eigenvalue weighted by atomic mass is 16.2. The van der Waals surface area contributed by atoms with Crippen LogP contribution >= 0.6 is 0 Å². The van der Waals surface area contributed by atoms with Crippen LogP contribution in [0.2, 0.25) is 0 Å². The average molecular weight is 640 g/mol. The van der Waals surface area contributed by atoms with Crippen LogP contribution in [0.1, 0.15) is 91.3 Å². The van der Waals surface area contributed by atoms with Crippen LogP contribution in [0.3, 0.4) is 0 Å². The van der Waals surface area contributed by atoms with Crippen molar-refractivity contribution in [3.8, 4) is 6.07 Å². The van der Waals surface area contributed by atoms with Gasteiger partial charge in [0.25, 0.3) is 5.91 Å². The van der Waals surface area contributed by atoms with Crippen LogP contribution in [0.25, 0.3) is 0 Å². The summed E-state index contributed by atoms with van der Waals surface area (Å²) in [4.78, 5) is 54.5. The molecule has 4 aliphatic rings. The fraction of sp³-hybridized carbons (Fsp3) is 0.595. The zero-order valence-corrected chi connectivity index (χ0v) is 28.5. The van der Waals surface area contributed by atoms with Gasteiger partial charge in [-0.05, 0) is 82.4 Å². The lowest BCUT2D eigenvalue weighted by molar-refractivity contribution is -0.130. The van der Waals surface area contributed by atoms with E-state index in [0.29, 0.717) is 42.5 Å². The van der Waals surface area contributed by atoms with Crippen LogP contribution in [0, 0.1) is 31.1 Å². The molecule has 4 fully saturated rings. The van der Waals surface area contributed by atoms with E-state index in [-0.39, 0.29) is 35.5 Å². The van der Waals surface area contributed by atoms with E-state index < -0.39 is 0 Å². The first-order valence-electron chi connectivity index (χ1n) is 17.4. The molecule has 2 aromatic rings. The predicted octanol–water partition coefficient (Wildman–Crippen LogP) is 4.77. The summed E-state index contributed by atoms with van der Waals surface area (Å²) in [5.41, 5.74) is 3.58. The first kappa shape index (κ1) is 33.0. The Balaban J connectivity index is 1.08. The van der Waals surface area contributed by atoms with E-state index in [2.05, 4.69) is 56.9 Å². The molecule has 0 bridgehead atoms. The predicted molar refractivity (Wildman–Crippen MR) is 180 cm³/mol. The lowest BCUT2D eigenvalue weighted by atomic mass is 9.85. The van der Waals surface area contributed by atoms with E-state index in [4.69, 9.17) is 0 Å². The van der Waals surface area contributed by atoms with E-state index in [9.17, 15) is 19.6 Å². The maximum Gasteiger partial charge on any atom is 0.320 e. The van der Waals surface area contributed by atoms with Gasteiger partial charge in [-0.25, -0.2) is 9.78 Å². The number of amides is 4. The monoisotopic (exact) mass is 639 g/mol. The van der Waals surface area contributed by atoms with Crippen LogP contribution in [-0.2, 0) is 4.79 Å². The lowest BCUT2D eigenvalue weighted by Crippen LogP contribution is -2.58. The van der Waals surface area contributed by atoms with Crippen molar-refractivity contribution in [2.45, 2.75) is 83.8 Å². The van der Waals surface area contributed by atoms with Crippen molar-refractivity contribution >= 4 is 17.8 Å². The maximum atomic E-state index is 14.1. The van der Waals surface area contributed by atoms with Gasteiger partial charge in [-0.15, -0.1) is 0 Å². The fourth-order valence-electron chi connectivity index (χ4n) is 8.48. The maximum absolute atomic E-state index is 14.1. The molecule has 0 aliphatic carbocycles. The summed E-state index contributed by atoms with van der Waals surface area (Å²) in [6, 6.07) is 14.7. The van der Waals surface area contributed by atoms with Crippen molar-refractivity contribution in [2.24, 2.45) is 5.92 Å². The van der Waals surface area contributed by atoms with Gasteiger partial charge in [-0.2, -0.15) is 5.26 Å². The SMILES string of the molecule is CC(=O)N1CCC(CN2C[C@@H](c3ccccc3)N(C3CCN(C4(C)CCN(C(=O)c5c(C)cc(C#N)nc5C)CC4)CC3)C2=O)CC1. The molecule has 0 unspecified atom stereocenters. The number of hydrogen-bond acceptors (Lipinski definition) is 6. The number of benzene rings is 1. The molecule has 1 aromatic heterocycles. The summed E-state index contributed by atoms with van der Waals surface area (Å²) in [6.45, 7) is 13.9. The average Bonchev–Trinajstić information content (AvgIpc) is 3.40. The molecular formula is C37H49N7O3. The number of rotatable bonds is 6. The van der Waals surface area contributed by atoms with Gasteiger partial charge in [0.15, 0.2) is 0 Å². The molecule has 5 heterocycles. The molecule has 10 nitrogen and oxygen atoms in total. The minimum atomic E-state index is 0.00335. The number of carbonyl (C=O) groups excluding carboxylic acids is 3. The van der Waals surface area contributed by atoms with Gasteiger partial charge in [0, 0.05) is 70.9 Å². The molecule has 4 amide bonds. The number of pyridine rings is 1. The molecule has 47 heavy (non-hydrogen) atoms. The molecule has 0 N–H and O–H groups in total. The molecule has 10 heteroatoms. The van der Waals surface area contributed by atoms with Gasteiger partial charge in [-0.3, -0.25) is 14.5 Å². The third kappa shape index (κ3) is 6.73. The molecular weight excluding hydrogens is 590 g/mol. The van der Waals surface area contributed by atoms with E-state index >= 15 is 0 Å². The summed E-state index contributed by atoms with van der Waals surface area (Å²) in [5.74, 6) is 0.568. The lowest BCUT2D eigenvalue weighted by Gasteiger charge is -2.50. The zero-order valence-electron chi connectivity index (χ0n) is 28.5.